The van der Waals surface area contributed by atoms with E-state index in [1.807, 2.05) is 83.6 Å². The van der Waals surface area contributed by atoms with E-state index in [1.165, 1.54) is 22.7 Å². The summed E-state index contributed by atoms with van der Waals surface area (Å²) in [6.07, 6.45) is 0. The molecule has 2 aromatic heterocycles. The molecule has 0 radical (unpaired) electrons. The molecule has 4 rings (SSSR count). The van der Waals surface area contributed by atoms with E-state index in [4.69, 9.17) is 0 Å². The van der Waals surface area contributed by atoms with Crippen LogP contribution in [0.15, 0.2) is 83.6 Å². The van der Waals surface area contributed by atoms with Crippen LogP contribution < -0.4 is 5.32 Å². The normalized spacial score (nSPS) is 10.6. The van der Waals surface area contributed by atoms with Gasteiger partial charge in [-0.05, 0) is 46.8 Å². The van der Waals surface area contributed by atoms with Crippen molar-refractivity contribution in [1.82, 2.24) is 5.32 Å². The maximum Gasteiger partial charge on any atom is 0.251 e. The Labute approximate surface area is 171 Å². The molecular weight excluding hydrogens is 386 g/mol. The monoisotopic (exact) mass is 403 g/mol. The second-order valence-electron chi connectivity index (χ2n) is 6.23. The van der Waals surface area contributed by atoms with Crippen LogP contribution in [0.1, 0.15) is 30.5 Å². The first-order chi connectivity index (χ1) is 13.7. The zero-order chi connectivity index (χ0) is 19.3. The summed E-state index contributed by atoms with van der Waals surface area (Å²) < 4.78 is 0. The number of carbonyl (C=O) groups is 2. The highest BCUT2D eigenvalue weighted by molar-refractivity contribution is 7.14. The summed E-state index contributed by atoms with van der Waals surface area (Å²) in [5.74, 6) is -0.0981. The van der Waals surface area contributed by atoms with Gasteiger partial charge < -0.3 is 5.32 Å². The molecule has 2 heterocycles. The third-order valence-corrected chi connectivity index (χ3v) is 6.11. The predicted molar refractivity (Wildman–Crippen MR) is 115 cm³/mol. The fraction of sp³-hybridized carbons (Fsp3) is 0.0435. The lowest BCUT2D eigenvalue weighted by Crippen LogP contribution is -2.22. The van der Waals surface area contributed by atoms with E-state index < -0.39 is 0 Å². The van der Waals surface area contributed by atoms with Crippen molar-refractivity contribution in [1.29, 1.82) is 0 Å². The molecule has 2 aromatic carbocycles. The predicted octanol–water partition coefficient (Wildman–Crippen LogP) is 5.64. The molecule has 0 unspecified atom stereocenters. The number of benzene rings is 2. The van der Waals surface area contributed by atoms with Gasteiger partial charge in [0.05, 0.1) is 11.4 Å². The molecular formula is C23H17NO2S2. The number of nitrogens with one attached hydrogen (secondary N) is 1. The summed E-state index contributed by atoms with van der Waals surface area (Å²) in [4.78, 5) is 26.4. The van der Waals surface area contributed by atoms with E-state index >= 15 is 0 Å². The quantitative estimate of drug-likeness (QED) is 0.424. The molecule has 0 bridgehead atoms. The van der Waals surface area contributed by atoms with Crippen molar-refractivity contribution in [2.45, 2.75) is 6.54 Å². The van der Waals surface area contributed by atoms with Crippen LogP contribution in [-0.4, -0.2) is 11.7 Å². The number of amides is 1. The Hall–Kier alpha value is -3.02. The van der Waals surface area contributed by atoms with Crippen LogP contribution >= 0.6 is 22.7 Å². The van der Waals surface area contributed by atoms with Gasteiger partial charge in [-0.25, -0.2) is 0 Å². The molecule has 0 saturated carbocycles. The Morgan fingerprint density at radius 2 is 1.54 bits per heavy atom. The van der Waals surface area contributed by atoms with Crippen LogP contribution in [-0.2, 0) is 6.54 Å². The van der Waals surface area contributed by atoms with Crippen LogP contribution in [0.25, 0.3) is 11.1 Å². The molecule has 0 saturated heterocycles. The van der Waals surface area contributed by atoms with Crippen molar-refractivity contribution in [3.8, 4) is 11.1 Å². The third kappa shape index (κ3) is 4.11. The van der Waals surface area contributed by atoms with Gasteiger partial charge in [0.2, 0.25) is 5.78 Å². The highest BCUT2D eigenvalue weighted by Gasteiger charge is 2.13. The first-order valence-electron chi connectivity index (χ1n) is 8.80. The van der Waals surface area contributed by atoms with E-state index in [0.29, 0.717) is 22.5 Å². The maximum absolute atomic E-state index is 12.4. The van der Waals surface area contributed by atoms with E-state index in [1.54, 1.807) is 0 Å². The number of rotatable bonds is 6. The first kappa shape index (κ1) is 18.3. The molecule has 138 valence electrons. The third-order valence-electron chi connectivity index (χ3n) is 4.35. The minimum absolute atomic E-state index is 0.0281. The van der Waals surface area contributed by atoms with Crippen LogP contribution in [0.4, 0.5) is 0 Å². The first-order valence-corrected chi connectivity index (χ1v) is 10.6. The number of hydrogen-bond acceptors (Lipinski definition) is 4. The average molecular weight is 404 g/mol. The summed E-state index contributed by atoms with van der Waals surface area (Å²) >= 11 is 2.92. The van der Waals surface area contributed by atoms with Gasteiger partial charge in [-0.2, -0.15) is 11.3 Å². The number of ketones is 1. The van der Waals surface area contributed by atoms with E-state index in [2.05, 4.69) is 5.32 Å². The van der Waals surface area contributed by atoms with E-state index in [9.17, 15) is 9.59 Å². The molecule has 0 atom stereocenters. The standard InChI is InChI=1S/C23H17NO2S2/c25-22(19-12-13-27-15-19)21-11-10-20(28-21)14-24-23(26)18-8-6-17(7-9-18)16-4-2-1-3-5-16/h1-13,15H,14H2,(H,24,26). The van der Waals surface area contributed by atoms with Gasteiger partial charge in [-0.15, -0.1) is 11.3 Å². The van der Waals surface area contributed by atoms with E-state index in [-0.39, 0.29) is 11.7 Å². The van der Waals surface area contributed by atoms with Gasteiger partial charge >= 0.3 is 0 Å². The summed E-state index contributed by atoms with van der Waals surface area (Å²) in [7, 11) is 0. The molecule has 0 aliphatic rings. The lowest BCUT2D eigenvalue weighted by Gasteiger charge is -2.06. The van der Waals surface area contributed by atoms with Gasteiger partial charge in [0.25, 0.3) is 5.91 Å². The Kier molecular flexibility index (Phi) is 5.46. The molecule has 28 heavy (non-hydrogen) atoms. The number of thiophene rings is 2. The molecule has 4 aromatic rings. The largest absolute Gasteiger partial charge is 0.347 e. The summed E-state index contributed by atoms with van der Waals surface area (Å²) in [6, 6.07) is 23.2. The maximum atomic E-state index is 12.4. The number of carbonyl (C=O) groups excluding carboxylic acids is 2. The minimum atomic E-state index is -0.126. The molecule has 0 aliphatic carbocycles. The lowest BCUT2D eigenvalue weighted by molar-refractivity contribution is 0.0950. The Morgan fingerprint density at radius 3 is 2.25 bits per heavy atom. The zero-order valence-electron chi connectivity index (χ0n) is 14.9. The van der Waals surface area contributed by atoms with Crippen molar-refractivity contribution < 1.29 is 9.59 Å². The Bertz CT molecular complexity index is 1080. The Balaban J connectivity index is 1.38. The van der Waals surface area contributed by atoms with Crippen LogP contribution in [0.2, 0.25) is 0 Å². The fourth-order valence-corrected chi connectivity index (χ4v) is 4.39. The van der Waals surface area contributed by atoms with Crippen molar-refractivity contribution in [3.63, 3.8) is 0 Å². The highest BCUT2D eigenvalue weighted by atomic mass is 32.1. The molecule has 5 heteroatoms. The van der Waals surface area contributed by atoms with Crippen LogP contribution in [0.5, 0.6) is 0 Å². The van der Waals surface area contributed by atoms with Gasteiger partial charge in [0, 0.05) is 21.4 Å². The van der Waals surface area contributed by atoms with Crippen molar-refractivity contribution in [2.75, 3.05) is 0 Å². The average Bonchev–Trinajstić information content (AvgIpc) is 3.45. The van der Waals surface area contributed by atoms with Crippen molar-refractivity contribution >= 4 is 34.4 Å². The van der Waals surface area contributed by atoms with Crippen molar-refractivity contribution in [2.24, 2.45) is 0 Å². The van der Waals surface area contributed by atoms with Gasteiger partial charge in [-0.1, -0.05) is 42.5 Å². The molecule has 0 spiro atoms. The van der Waals surface area contributed by atoms with Gasteiger partial charge in [0.15, 0.2) is 0 Å². The summed E-state index contributed by atoms with van der Waals surface area (Å²) in [6.45, 7) is 0.404. The summed E-state index contributed by atoms with van der Waals surface area (Å²) in [5, 5.41) is 6.67. The Morgan fingerprint density at radius 1 is 0.786 bits per heavy atom. The number of hydrogen-bond donors (Lipinski definition) is 1. The zero-order valence-corrected chi connectivity index (χ0v) is 16.6. The highest BCUT2D eigenvalue weighted by Crippen LogP contribution is 2.22. The molecule has 0 aliphatic heterocycles. The lowest BCUT2D eigenvalue weighted by atomic mass is 10.0. The van der Waals surface area contributed by atoms with Gasteiger partial charge in [-0.3, -0.25) is 9.59 Å². The van der Waals surface area contributed by atoms with Gasteiger partial charge in [0.1, 0.15) is 0 Å². The summed E-state index contributed by atoms with van der Waals surface area (Å²) in [5.41, 5.74) is 3.52. The smallest absolute Gasteiger partial charge is 0.251 e. The SMILES string of the molecule is O=C(NCc1ccc(C(=O)c2ccsc2)s1)c1ccc(-c2ccccc2)cc1. The second kappa shape index (κ2) is 8.33. The molecule has 1 amide bonds. The molecule has 0 fully saturated rings. The minimum Gasteiger partial charge on any atom is -0.347 e. The fourth-order valence-electron chi connectivity index (χ4n) is 2.84. The topological polar surface area (TPSA) is 46.2 Å². The van der Waals surface area contributed by atoms with Crippen molar-refractivity contribution in [3.05, 3.63) is 104 Å². The second-order valence-corrected chi connectivity index (χ2v) is 8.18. The van der Waals surface area contributed by atoms with Crippen LogP contribution in [0, 0.1) is 0 Å². The van der Waals surface area contributed by atoms with E-state index in [0.717, 1.165) is 16.0 Å². The van der Waals surface area contributed by atoms with Crippen LogP contribution in [0.3, 0.4) is 0 Å². The molecule has 1 N–H and O–H groups in total. The molecule has 3 nitrogen and oxygen atoms in total.